The molecule has 0 N–H and O–H groups in total. The van der Waals surface area contributed by atoms with Gasteiger partial charge in [-0.2, -0.15) is 0 Å². The van der Waals surface area contributed by atoms with Gasteiger partial charge in [0.1, 0.15) is 28.2 Å². The number of aromatic nitrogens is 8. The number of nitrogens with zero attached hydrogens (tertiary/aromatic N) is 8. The van der Waals surface area contributed by atoms with Crippen molar-refractivity contribution in [2.24, 2.45) is 28.2 Å². The van der Waals surface area contributed by atoms with Crippen LogP contribution in [0.25, 0.3) is 90.9 Å². The van der Waals surface area contributed by atoms with Crippen LogP contribution in [0, 0.1) is 0 Å². The zero-order chi connectivity index (χ0) is 35.3. The van der Waals surface area contributed by atoms with Crippen molar-refractivity contribution in [3.63, 3.8) is 0 Å². The molecule has 0 saturated carbocycles. The normalized spacial score (nSPS) is 11.6. The second-order valence-corrected chi connectivity index (χ2v) is 13.4. The maximum atomic E-state index is 5.35. The van der Waals surface area contributed by atoms with Crippen LogP contribution in [0.2, 0.25) is 0 Å². The van der Waals surface area contributed by atoms with Crippen LogP contribution in [0.3, 0.4) is 0 Å². The molecule has 7 aromatic heterocycles. The maximum Gasteiger partial charge on any atom is 2.00 e. The topological polar surface area (TPSA) is 69.5 Å². The Kier molecular flexibility index (Phi) is 10.3. The molecule has 54 heavy (non-hydrogen) atoms. The molecule has 0 spiro atoms. The Balaban J connectivity index is 0.00000225. The molecular weight excluding hydrogens is 833 g/mol. The van der Waals surface area contributed by atoms with Crippen LogP contribution in [0.15, 0.2) is 122 Å². The minimum Gasteiger partial charge on any atom is -1.00 e. The first-order valence-corrected chi connectivity index (χ1v) is 17.3. The summed E-state index contributed by atoms with van der Waals surface area (Å²) < 4.78 is 8.14. The summed E-state index contributed by atoms with van der Waals surface area (Å²) >= 11 is 0. The van der Waals surface area contributed by atoms with E-state index in [4.69, 9.17) is 19.9 Å². The van der Waals surface area contributed by atoms with Crippen LogP contribution in [0.1, 0.15) is 22.8 Å². The van der Waals surface area contributed by atoms with Crippen molar-refractivity contribution in [2.75, 3.05) is 0 Å². The summed E-state index contributed by atoms with van der Waals surface area (Å²) in [6, 6.07) is 25.4. The van der Waals surface area contributed by atoms with Crippen LogP contribution in [0.4, 0.5) is 0 Å². The smallest absolute Gasteiger partial charge is 1.00 e. The molecule has 0 saturated heterocycles. The van der Waals surface area contributed by atoms with E-state index in [0.717, 1.165) is 89.4 Å². The second-order valence-electron chi connectivity index (χ2n) is 13.4. The van der Waals surface area contributed by atoms with Gasteiger partial charge < -0.3 is 33.9 Å². The van der Waals surface area contributed by atoms with Crippen LogP contribution in [0.5, 0.6) is 0 Å². The quantitative estimate of drug-likeness (QED) is 0.155. The summed E-state index contributed by atoms with van der Waals surface area (Å²) in [4.78, 5) is 21.4. The van der Waals surface area contributed by atoms with E-state index in [1.807, 2.05) is 46.5 Å². The Morgan fingerprint density at radius 2 is 0.556 bits per heavy atom. The molecule has 10 heteroatoms. The van der Waals surface area contributed by atoms with Gasteiger partial charge in [0.2, 0.25) is 0 Å². The van der Waals surface area contributed by atoms with Crippen LogP contribution < -0.4 is 52.2 Å². The third-order valence-corrected chi connectivity index (χ3v) is 9.68. The molecule has 0 fully saturated rings. The summed E-state index contributed by atoms with van der Waals surface area (Å²) in [7, 11) is 8.10. The summed E-state index contributed by atoms with van der Waals surface area (Å²) in [5.74, 6) is 0. The van der Waals surface area contributed by atoms with E-state index in [1.165, 1.54) is 0 Å². The van der Waals surface area contributed by atoms with Gasteiger partial charge in [-0.1, -0.05) is 24.3 Å². The van der Waals surface area contributed by atoms with E-state index in [-0.39, 0.29) is 43.5 Å². The summed E-state index contributed by atoms with van der Waals surface area (Å²) in [6.07, 6.45) is 24.9. The number of aryl methyl sites for hydroxylation is 4. The molecule has 258 valence electrons. The number of pyridine rings is 4. The predicted octanol–water partition coefficient (Wildman–Crippen LogP) is 2.88. The number of rotatable bonds is 4. The summed E-state index contributed by atoms with van der Waals surface area (Å²) in [6.45, 7) is 0. The summed E-state index contributed by atoms with van der Waals surface area (Å²) in [5, 5.41) is 0. The van der Waals surface area contributed by atoms with Gasteiger partial charge >= 0.3 is 19.5 Å². The number of hydrogen-bond acceptors (Lipinski definition) is 2. The maximum absolute atomic E-state index is 5.35. The molecule has 8 bridgehead atoms. The van der Waals surface area contributed by atoms with E-state index in [1.54, 1.807) is 0 Å². The molecule has 0 aliphatic carbocycles. The molecule has 9 heterocycles. The molecule has 2 aliphatic rings. The molecule has 2 aliphatic heterocycles. The van der Waals surface area contributed by atoms with Gasteiger partial charge in [-0.05, 0) is 68.8 Å². The van der Waals surface area contributed by atoms with Crippen molar-refractivity contribution in [2.45, 2.75) is 0 Å². The molecule has 0 amide bonds. The van der Waals surface area contributed by atoms with Crippen molar-refractivity contribution >= 4 is 46.4 Å². The summed E-state index contributed by atoms with van der Waals surface area (Å²) in [5.41, 5.74) is 14.7. The van der Waals surface area contributed by atoms with E-state index < -0.39 is 0 Å². The number of hydrogen-bond donors (Lipinski definition) is 0. The SMILES string of the molecule is C[n+]1ccc(-c2c3nc(c(-c4cc[n+](C)cc4)c4ccc([n-]4)c(-c4cc[n+](C)cc4)c4nc(c(-c5cc[n+](C)cc5)c5ccc2[n-]5)C=C4)C=C3)cc1.[I-].[Zn+2]. The molecule has 0 atom stereocenters. The van der Waals surface area contributed by atoms with E-state index in [0.29, 0.717) is 0 Å². The second kappa shape index (κ2) is 15.1. The molecule has 0 unspecified atom stereocenters. The Morgan fingerprint density at radius 3 is 0.759 bits per heavy atom. The van der Waals surface area contributed by atoms with Crippen LogP contribution >= 0.6 is 0 Å². The van der Waals surface area contributed by atoms with E-state index >= 15 is 0 Å². The first-order chi connectivity index (χ1) is 25.4. The van der Waals surface area contributed by atoms with Crippen LogP contribution in [-0.2, 0) is 47.7 Å². The third kappa shape index (κ3) is 6.87. The molecule has 0 aromatic carbocycles. The van der Waals surface area contributed by atoms with Gasteiger partial charge in [0, 0.05) is 48.5 Å². The Morgan fingerprint density at radius 1 is 0.352 bits per heavy atom. The van der Waals surface area contributed by atoms with Crippen molar-refractivity contribution in [1.29, 1.82) is 0 Å². The van der Waals surface area contributed by atoms with E-state index in [2.05, 4.69) is 147 Å². The van der Waals surface area contributed by atoms with E-state index in [9.17, 15) is 0 Å². The Bertz CT molecular complexity index is 2370. The minimum atomic E-state index is 0. The van der Waals surface area contributed by atoms with Crippen molar-refractivity contribution in [3.8, 4) is 44.5 Å². The van der Waals surface area contributed by atoms with Gasteiger partial charge in [0.15, 0.2) is 49.6 Å². The van der Waals surface area contributed by atoms with Gasteiger partial charge in [-0.3, -0.25) is 0 Å². The van der Waals surface area contributed by atoms with Crippen molar-refractivity contribution < 1.29 is 61.7 Å². The Hall–Kier alpha value is -5.45. The zero-order valence-electron chi connectivity index (χ0n) is 30.5. The molecule has 0 radical (unpaired) electrons. The van der Waals surface area contributed by atoms with Crippen molar-refractivity contribution in [1.82, 2.24) is 19.9 Å². The molecule has 9 rings (SSSR count). The first kappa shape index (κ1) is 36.9. The van der Waals surface area contributed by atoms with Crippen LogP contribution in [-0.4, -0.2) is 9.97 Å². The molecule has 7 aromatic rings. The van der Waals surface area contributed by atoms with Gasteiger partial charge in [-0.25, -0.2) is 28.2 Å². The average molecular weight is 869 g/mol. The number of fused-ring (bicyclic) bond motifs is 8. The zero-order valence-corrected chi connectivity index (χ0v) is 35.6. The van der Waals surface area contributed by atoms with Gasteiger partial charge in [-0.15, -0.1) is 22.1 Å². The fraction of sp³-hybridized carbons (Fsp3) is 0.0909. The fourth-order valence-corrected chi connectivity index (χ4v) is 6.94. The first-order valence-electron chi connectivity index (χ1n) is 17.3. The largest absolute Gasteiger partial charge is 2.00 e. The average Bonchev–Trinajstić information content (AvgIpc) is 3.99. The fourth-order valence-electron chi connectivity index (χ4n) is 6.94. The molecular formula is C44H36IN8Zn+3. The minimum absolute atomic E-state index is 0. The van der Waals surface area contributed by atoms with Gasteiger partial charge in [0.05, 0.1) is 22.8 Å². The Labute approximate surface area is 343 Å². The predicted molar refractivity (Wildman–Crippen MR) is 203 cm³/mol. The van der Waals surface area contributed by atoms with Crippen molar-refractivity contribution in [3.05, 3.63) is 145 Å². The monoisotopic (exact) mass is 867 g/mol. The molecule has 8 nitrogen and oxygen atoms in total. The standard InChI is InChI=1S/C44H36N8.HI.Zn/c1-49-21-13-29(14-22-49)41-33-5-7-35(45-33)42(30-15-23-50(2)24-16-30)37-9-11-39(47-37)44(32-19-27-52(4)28-20-32)40-12-10-38(48-40)43(36-8-6-34(41)46-36)31-17-25-51(3)26-18-31;;/h5-28H,1-4H3;1H;/q+2;;+2/p-1. The van der Waals surface area contributed by atoms with Gasteiger partial charge in [0.25, 0.3) is 0 Å². The third-order valence-electron chi connectivity index (χ3n) is 9.68. The number of halogens is 1.